The van der Waals surface area contributed by atoms with E-state index < -0.39 is 21.7 Å². The number of carbonyl (C=O) groups is 2. The Bertz CT molecular complexity index is 667. The maximum absolute atomic E-state index is 12.1. The van der Waals surface area contributed by atoms with E-state index in [9.17, 15) is 18.0 Å². The lowest BCUT2D eigenvalue weighted by Gasteiger charge is -2.11. The van der Waals surface area contributed by atoms with Gasteiger partial charge in [0.05, 0.1) is 16.1 Å². The first-order chi connectivity index (χ1) is 9.31. The Morgan fingerprint density at radius 3 is 2.60 bits per heavy atom. The van der Waals surface area contributed by atoms with Crippen LogP contribution in [0.1, 0.15) is 10.4 Å². The van der Waals surface area contributed by atoms with Gasteiger partial charge in [-0.25, -0.2) is 13.1 Å². The third-order valence-electron chi connectivity index (χ3n) is 2.85. The fourth-order valence-electron chi connectivity index (χ4n) is 1.78. The molecule has 1 amide bonds. The minimum Gasteiger partial charge on any atom is -0.318 e. The molecule has 0 saturated heterocycles. The van der Waals surface area contributed by atoms with E-state index in [4.69, 9.17) is 0 Å². The van der Waals surface area contributed by atoms with Crippen LogP contribution in [0, 0.1) is 0 Å². The number of ketones is 1. The number of sulfonamides is 1. The molecule has 1 aliphatic rings. The fourth-order valence-corrected chi connectivity index (χ4v) is 2.82. The molecule has 0 aromatic heterocycles. The summed E-state index contributed by atoms with van der Waals surface area (Å²) >= 11 is 0. The van der Waals surface area contributed by atoms with Crippen LogP contribution in [-0.2, 0) is 14.8 Å². The van der Waals surface area contributed by atoms with Crippen LogP contribution in [-0.4, -0.2) is 52.2 Å². The monoisotopic (exact) mass is 297 g/mol. The number of hydrogen-bond donors (Lipinski definition) is 2. The Morgan fingerprint density at radius 2 is 1.95 bits per heavy atom. The van der Waals surface area contributed by atoms with E-state index in [-0.39, 0.29) is 17.0 Å². The number of carbonyl (C=O) groups excluding carboxylic acids is 2. The zero-order valence-electron chi connectivity index (χ0n) is 11.1. The fraction of sp³-hybridized carbons (Fsp3) is 0.333. The first kappa shape index (κ1) is 14.6. The van der Waals surface area contributed by atoms with Gasteiger partial charge in [-0.05, 0) is 32.3 Å². The third kappa shape index (κ3) is 2.87. The Morgan fingerprint density at radius 1 is 1.25 bits per heavy atom. The van der Waals surface area contributed by atoms with Gasteiger partial charge in [-0.1, -0.05) is 0 Å². The minimum atomic E-state index is -3.69. The number of nitrogens with zero attached hydrogens (tertiary/aromatic N) is 1. The molecule has 0 fully saturated rings. The number of Topliss-reactive ketones (excluding diaryl/α,β-unsaturated/α-hetero) is 1. The molecule has 0 saturated carbocycles. The van der Waals surface area contributed by atoms with Crippen molar-refractivity contribution in [3.63, 3.8) is 0 Å². The van der Waals surface area contributed by atoms with Gasteiger partial charge in [0.25, 0.3) is 11.7 Å². The van der Waals surface area contributed by atoms with Crippen molar-refractivity contribution in [3.8, 4) is 0 Å². The Hall–Kier alpha value is -1.77. The Balaban J connectivity index is 2.22. The molecule has 20 heavy (non-hydrogen) atoms. The van der Waals surface area contributed by atoms with Crippen LogP contribution in [0.5, 0.6) is 0 Å². The van der Waals surface area contributed by atoms with E-state index in [0.29, 0.717) is 12.2 Å². The standard InChI is InChI=1S/C12H15N3O4S/c1-15(2)6-5-13-20(18,19)8-3-4-10-9(7-8)11(16)12(17)14-10/h3-4,7,13H,5-6H2,1-2H3,(H,14,16,17). The summed E-state index contributed by atoms with van der Waals surface area (Å²) in [7, 11) is -0.0204. The maximum atomic E-state index is 12.1. The van der Waals surface area contributed by atoms with Crippen molar-refractivity contribution in [1.82, 2.24) is 9.62 Å². The highest BCUT2D eigenvalue weighted by Crippen LogP contribution is 2.25. The highest BCUT2D eigenvalue weighted by molar-refractivity contribution is 7.89. The molecule has 0 bridgehead atoms. The molecule has 7 nitrogen and oxygen atoms in total. The molecule has 2 N–H and O–H groups in total. The number of amides is 1. The molecule has 1 aliphatic heterocycles. The summed E-state index contributed by atoms with van der Waals surface area (Å²) < 4.78 is 26.5. The lowest BCUT2D eigenvalue weighted by Crippen LogP contribution is -2.31. The van der Waals surface area contributed by atoms with Crippen molar-refractivity contribution in [2.75, 3.05) is 32.5 Å². The van der Waals surface area contributed by atoms with Crippen LogP contribution in [0.3, 0.4) is 0 Å². The number of likely N-dealkylation sites (N-methyl/N-ethyl adjacent to an activating group) is 1. The molecule has 0 aliphatic carbocycles. The summed E-state index contributed by atoms with van der Waals surface area (Å²) in [5.41, 5.74) is 0.428. The number of nitrogens with one attached hydrogen (secondary N) is 2. The molecule has 108 valence electrons. The normalized spacial score (nSPS) is 14.6. The summed E-state index contributed by atoms with van der Waals surface area (Å²) in [6.07, 6.45) is 0. The van der Waals surface area contributed by atoms with Gasteiger partial charge in [-0.15, -0.1) is 0 Å². The first-order valence-corrected chi connectivity index (χ1v) is 7.44. The molecule has 0 spiro atoms. The van der Waals surface area contributed by atoms with E-state index in [0.717, 1.165) is 0 Å². The Labute approximate surface area is 117 Å². The topological polar surface area (TPSA) is 95.6 Å². The molecule has 8 heteroatoms. The van der Waals surface area contributed by atoms with E-state index in [1.54, 1.807) is 0 Å². The number of rotatable bonds is 5. The van der Waals surface area contributed by atoms with Crippen LogP contribution < -0.4 is 10.0 Å². The number of benzene rings is 1. The van der Waals surface area contributed by atoms with Crippen LogP contribution in [0.25, 0.3) is 0 Å². The van der Waals surface area contributed by atoms with Gasteiger partial charge < -0.3 is 10.2 Å². The summed E-state index contributed by atoms with van der Waals surface area (Å²) in [4.78, 5) is 24.6. The van der Waals surface area contributed by atoms with Gasteiger partial charge in [0.15, 0.2) is 0 Å². The van der Waals surface area contributed by atoms with E-state index in [1.807, 2.05) is 19.0 Å². The molecule has 1 aromatic rings. The van der Waals surface area contributed by atoms with Crippen molar-refractivity contribution in [2.45, 2.75) is 4.90 Å². The predicted octanol–water partition coefficient (Wildman–Crippen LogP) is -0.339. The lowest BCUT2D eigenvalue weighted by atomic mass is 10.1. The van der Waals surface area contributed by atoms with E-state index >= 15 is 0 Å². The maximum Gasteiger partial charge on any atom is 0.296 e. The van der Waals surface area contributed by atoms with Crippen LogP contribution in [0.4, 0.5) is 5.69 Å². The second-order valence-electron chi connectivity index (χ2n) is 4.69. The number of hydrogen-bond acceptors (Lipinski definition) is 5. The molecular formula is C12H15N3O4S. The summed E-state index contributed by atoms with van der Waals surface area (Å²) in [5, 5.41) is 2.37. The highest BCUT2D eigenvalue weighted by Gasteiger charge is 2.29. The molecule has 0 atom stereocenters. The van der Waals surface area contributed by atoms with Gasteiger partial charge in [0, 0.05) is 13.1 Å². The second-order valence-corrected chi connectivity index (χ2v) is 6.46. The average molecular weight is 297 g/mol. The average Bonchev–Trinajstić information content (AvgIpc) is 2.64. The van der Waals surface area contributed by atoms with Gasteiger partial charge in [0.1, 0.15) is 0 Å². The van der Waals surface area contributed by atoms with Crippen molar-refractivity contribution >= 4 is 27.4 Å². The zero-order valence-corrected chi connectivity index (χ0v) is 12.0. The van der Waals surface area contributed by atoms with Crippen LogP contribution in [0.2, 0.25) is 0 Å². The van der Waals surface area contributed by atoms with Crippen molar-refractivity contribution < 1.29 is 18.0 Å². The second kappa shape index (κ2) is 5.31. The summed E-state index contributed by atoms with van der Waals surface area (Å²) in [6, 6.07) is 3.99. The van der Waals surface area contributed by atoms with Crippen molar-refractivity contribution in [3.05, 3.63) is 23.8 Å². The van der Waals surface area contributed by atoms with Gasteiger partial charge in [0.2, 0.25) is 10.0 Å². The molecule has 0 unspecified atom stereocenters. The summed E-state index contributed by atoms with van der Waals surface area (Å²) in [6.45, 7) is 0.820. The quantitative estimate of drug-likeness (QED) is 0.725. The molecular weight excluding hydrogens is 282 g/mol. The molecule has 1 heterocycles. The van der Waals surface area contributed by atoms with Gasteiger partial charge in [-0.3, -0.25) is 9.59 Å². The first-order valence-electron chi connectivity index (χ1n) is 5.95. The van der Waals surface area contributed by atoms with Gasteiger partial charge >= 0.3 is 0 Å². The Kier molecular flexibility index (Phi) is 3.89. The highest BCUT2D eigenvalue weighted by atomic mass is 32.2. The van der Waals surface area contributed by atoms with Crippen molar-refractivity contribution in [1.29, 1.82) is 0 Å². The van der Waals surface area contributed by atoms with Gasteiger partial charge in [-0.2, -0.15) is 0 Å². The number of anilines is 1. The number of fused-ring (bicyclic) bond motifs is 1. The van der Waals surface area contributed by atoms with Crippen molar-refractivity contribution in [2.24, 2.45) is 0 Å². The predicted molar refractivity (Wildman–Crippen MR) is 73.1 cm³/mol. The van der Waals surface area contributed by atoms with E-state index in [2.05, 4.69) is 10.0 Å². The van der Waals surface area contributed by atoms with Crippen LogP contribution >= 0.6 is 0 Å². The SMILES string of the molecule is CN(C)CCNS(=O)(=O)c1ccc2c(c1)C(=O)C(=O)N2. The lowest BCUT2D eigenvalue weighted by molar-refractivity contribution is -0.112. The molecule has 0 radical (unpaired) electrons. The van der Waals surface area contributed by atoms with E-state index in [1.165, 1.54) is 18.2 Å². The smallest absolute Gasteiger partial charge is 0.296 e. The summed E-state index contributed by atoms with van der Waals surface area (Å²) in [5.74, 6) is -1.46. The van der Waals surface area contributed by atoms with Crippen LogP contribution in [0.15, 0.2) is 23.1 Å². The third-order valence-corrected chi connectivity index (χ3v) is 4.31. The zero-order chi connectivity index (χ0) is 14.9. The molecule has 1 aromatic carbocycles. The largest absolute Gasteiger partial charge is 0.318 e. The molecule has 2 rings (SSSR count). The minimum absolute atomic E-state index is 0.0279.